The molecular weight excluding hydrogens is 278 g/mol. The van der Waals surface area contributed by atoms with Crippen molar-refractivity contribution in [2.24, 2.45) is 0 Å². The lowest BCUT2D eigenvalue weighted by Crippen LogP contribution is -2.40. The van der Waals surface area contributed by atoms with Crippen LogP contribution in [0.25, 0.3) is 10.8 Å². The number of hydrogen-bond acceptors (Lipinski definition) is 1. The van der Waals surface area contributed by atoms with Crippen LogP contribution in [0.3, 0.4) is 0 Å². The number of hydrogen-bond donors (Lipinski definition) is 0. The largest absolute Gasteiger partial charge is 0.292 e. The fraction of sp³-hybridized carbons (Fsp3) is 0.263. The van der Waals surface area contributed by atoms with E-state index in [2.05, 4.69) is 42.3 Å². The van der Waals surface area contributed by atoms with Crippen LogP contribution in [-0.4, -0.2) is 24.0 Å². The lowest BCUT2D eigenvalue weighted by molar-refractivity contribution is 0.235. The van der Waals surface area contributed by atoms with Crippen LogP contribution in [0.15, 0.2) is 55.6 Å². The van der Waals surface area contributed by atoms with Crippen LogP contribution in [0.1, 0.15) is 11.1 Å². The second-order valence-corrected chi connectivity index (χ2v) is 6.05. The summed E-state index contributed by atoms with van der Waals surface area (Å²) in [6.07, 6.45) is 6.07. The molecule has 2 aromatic rings. The summed E-state index contributed by atoms with van der Waals surface area (Å²) in [6.45, 7) is 9.55. The highest BCUT2D eigenvalue weighted by molar-refractivity contribution is 6.35. The van der Waals surface area contributed by atoms with E-state index in [1.807, 2.05) is 18.2 Å². The Labute approximate surface area is 131 Å². The molecule has 0 N–H and O–H groups in total. The minimum absolute atomic E-state index is 0.500. The summed E-state index contributed by atoms with van der Waals surface area (Å²) in [5, 5.41) is 3.39. The molecule has 2 heteroatoms. The molecule has 1 unspecified atom stereocenters. The van der Waals surface area contributed by atoms with E-state index in [9.17, 15) is 0 Å². The third-order valence-corrected chi connectivity index (χ3v) is 4.64. The number of nitrogens with zero attached hydrogens (tertiary/aromatic N) is 1. The van der Waals surface area contributed by atoms with Crippen molar-refractivity contribution >= 4 is 22.4 Å². The average Bonchev–Trinajstić information content (AvgIpc) is 2.50. The Morgan fingerprint density at radius 2 is 1.71 bits per heavy atom. The first-order chi connectivity index (χ1) is 10.2. The van der Waals surface area contributed by atoms with E-state index in [1.165, 1.54) is 21.9 Å². The molecule has 2 aromatic carbocycles. The normalized spacial score (nSPS) is 17.1. The highest BCUT2D eigenvalue weighted by Gasteiger charge is 2.25. The quantitative estimate of drug-likeness (QED) is 0.727. The molecule has 1 aliphatic carbocycles. The lowest BCUT2D eigenvalue weighted by atomic mass is 9.85. The van der Waals surface area contributed by atoms with E-state index in [4.69, 9.17) is 11.6 Å². The molecule has 3 rings (SSSR count). The zero-order valence-corrected chi connectivity index (χ0v) is 12.9. The van der Waals surface area contributed by atoms with Gasteiger partial charge < -0.3 is 0 Å². The maximum absolute atomic E-state index is 6.34. The molecule has 108 valence electrons. The summed E-state index contributed by atoms with van der Waals surface area (Å²) in [4.78, 5) is 2.44. The Kier molecular flexibility index (Phi) is 4.14. The van der Waals surface area contributed by atoms with E-state index in [0.717, 1.165) is 31.0 Å². The van der Waals surface area contributed by atoms with Crippen LogP contribution >= 0.6 is 11.6 Å². The van der Waals surface area contributed by atoms with Crippen molar-refractivity contribution in [2.45, 2.75) is 18.9 Å². The topological polar surface area (TPSA) is 3.24 Å². The molecular formula is C19H20ClN. The third-order valence-electron chi connectivity index (χ3n) is 4.31. The first kappa shape index (κ1) is 14.4. The van der Waals surface area contributed by atoms with Crippen LogP contribution in [0.2, 0.25) is 5.02 Å². The van der Waals surface area contributed by atoms with E-state index in [0.29, 0.717) is 6.04 Å². The fourth-order valence-electron chi connectivity index (χ4n) is 3.41. The van der Waals surface area contributed by atoms with Gasteiger partial charge in [-0.3, -0.25) is 4.90 Å². The molecule has 21 heavy (non-hydrogen) atoms. The Morgan fingerprint density at radius 3 is 2.38 bits per heavy atom. The first-order valence-electron chi connectivity index (χ1n) is 7.39. The van der Waals surface area contributed by atoms with E-state index >= 15 is 0 Å². The van der Waals surface area contributed by atoms with Crippen molar-refractivity contribution in [1.82, 2.24) is 4.90 Å². The smallest absolute Gasteiger partial charge is 0.0484 e. The van der Waals surface area contributed by atoms with Gasteiger partial charge in [-0.25, -0.2) is 0 Å². The van der Waals surface area contributed by atoms with Gasteiger partial charge in [-0.05, 0) is 35.4 Å². The molecule has 0 bridgehead atoms. The van der Waals surface area contributed by atoms with Gasteiger partial charge >= 0.3 is 0 Å². The number of benzene rings is 2. The Hall–Kier alpha value is -1.57. The highest BCUT2D eigenvalue weighted by atomic mass is 35.5. The van der Waals surface area contributed by atoms with Gasteiger partial charge in [0.1, 0.15) is 0 Å². The van der Waals surface area contributed by atoms with Gasteiger partial charge in [-0.2, -0.15) is 0 Å². The minimum atomic E-state index is 0.500. The summed E-state index contributed by atoms with van der Waals surface area (Å²) in [6, 6.07) is 11.2. The predicted molar refractivity (Wildman–Crippen MR) is 92.1 cm³/mol. The minimum Gasteiger partial charge on any atom is -0.292 e. The summed E-state index contributed by atoms with van der Waals surface area (Å²) in [5.74, 6) is 0. The van der Waals surface area contributed by atoms with E-state index in [1.54, 1.807) is 0 Å². The van der Waals surface area contributed by atoms with Crippen LogP contribution in [0.4, 0.5) is 0 Å². The lowest BCUT2D eigenvalue weighted by Gasteiger charge is -2.34. The molecule has 0 heterocycles. The van der Waals surface area contributed by atoms with Crippen molar-refractivity contribution in [1.29, 1.82) is 0 Å². The Bertz CT molecular complexity index is 667. The molecule has 0 aromatic heterocycles. The molecule has 0 saturated heterocycles. The van der Waals surface area contributed by atoms with E-state index in [-0.39, 0.29) is 0 Å². The van der Waals surface area contributed by atoms with Gasteiger partial charge in [0.15, 0.2) is 0 Å². The van der Waals surface area contributed by atoms with Gasteiger partial charge in [0.2, 0.25) is 0 Å². The molecule has 1 nitrogen and oxygen atoms in total. The zero-order chi connectivity index (χ0) is 14.8. The van der Waals surface area contributed by atoms with Crippen LogP contribution in [-0.2, 0) is 12.8 Å². The van der Waals surface area contributed by atoms with Gasteiger partial charge in [-0.1, -0.05) is 48.0 Å². The number of halogens is 1. The predicted octanol–water partition coefficient (Wildman–Crippen LogP) is 4.63. The monoisotopic (exact) mass is 297 g/mol. The van der Waals surface area contributed by atoms with Crippen molar-refractivity contribution < 1.29 is 0 Å². The third kappa shape index (κ3) is 2.64. The maximum Gasteiger partial charge on any atom is 0.0484 e. The molecule has 1 atom stereocenters. The van der Waals surface area contributed by atoms with Crippen molar-refractivity contribution in [3.05, 3.63) is 71.8 Å². The summed E-state index contributed by atoms with van der Waals surface area (Å²) < 4.78 is 0. The van der Waals surface area contributed by atoms with Crippen molar-refractivity contribution in [3.8, 4) is 0 Å². The van der Waals surface area contributed by atoms with Crippen molar-refractivity contribution in [2.75, 3.05) is 13.1 Å². The zero-order valence-electron chi connectivity index (χ0n) is 12.2. The first-order valence-corrected chi connectivity index (χ1v) is 7.77. The van der Waals surface area contributed by atoms with Gasteiger partial charge in [0, 0.05) is 29.5 Å². The second-order valence-electron chi connectivity index (χ2n) is 5.64. The molecule has 0 spiro atoms. The van der Waals surface area contributed by atoms with Gasteiger partial charge in [0.05, 0.1) is 0 Å². The fourth-order valence-corrected chi connectivity index (χ4v) is 3.63. The van der Waals surface area contributed by atoms with Crippen molar-refractivity contribution in [3.63, 3.8) is 0 Å². The van der Waals surface area contributed by atoms with Crippen LogP contribution < -0.4 is 0 Å². The van der Waals surface area contributed by atoms with Crippen LogP contribution in [0, 0.1) is 0 Å². The highest BCUT2D eigenvalue weighted by Crippen LogP contribution is 2.35. The maximum atomic E-state index is 6.34. The second kappa shape index (κ2) is 6.05. The standard InChI is InChI=1S/C19H20ClN/c1-3-10-21(11-4-2)16-12-14-6-5-7-17-18(20)9-8-15(13-16)19(14)17/h3-9,16H,1-2,10-13H2. The average molecular weight is 298 g/mol. The van der Waals surface area contributed by atoms with Crippen LogP contribution in [0.5, 0.6) is 0 Å². The molecule has 0 radical (unpaired) electrons. The number of rotatable bonds is 5. The summed E-state index contributed by atoms with van der Waals surface area (Å²) in [7, 11) is 0. The molecule has 1 aliphatic rings. The van der Waals surface area contributed by atoms with E-state index < -0.39 is 0 Å². The SMILES string of the molecule is C=CCN(CC=C)C1Cc2cccc3c(Cl)ccc(c23)C1. The molecule has 0 saturated carbocycles. The van der Waals surface area contributed by atoms with Gasteiger partial charge in [-0.15, -0.1) is 13.2 Å². The Morgan fingerprint density at radius 1 is 1.05 bits per heavy atom. The molecule has 0 aliphatic heterocycles. The summed E-state index contributed by atoms with van der Waals surface area (Å²) in [5.41, 5.74) is 2.80. The molecule has 0 fully saturated rings. The molecule has 0 amide bonds. The summed E-state index contributed by atoms with van der Waals surface area (Å²) >= 11 is 6.34. The Balaban J connectivity index is 2.01. The van der Waals surface area contributed by atoms with Gasteiger partial charge in [0.25, 0.3) is 0 Å².